The third kappa shape index (κ3) is 5.87. The Balaban J connectivity index is 1.97. The molecule has 0 saturated heterocycles. The van der Waals surface area contributed by atoms with Gasteiger partial charge in [-0.1, -0.05) is 24.3 Å². The van der Waals surface area contributed by atoms with Crippen molar-refractivity contribution in [2.24, 2.45) is 5.92 Å². The molecule has 172 valence electrons. The smallest absolute Gasteiger partial charge is 0.336 e. The van der Waals surface area contributed by atoms with Gasteiger partial charge in [0.1, 0.15) is 11.5 Å². The molecule has 0 aliphatic carbocycles. The first-order valence-corrected chi connectivity index (χ1v) is 11.0. The number of allylic oxidation sites excluding steroid dienone is 1. The van der Waals surface area contributed by atoms with Gasteiger partial charge < -0.3 is 24.8 Å². The molecule has 33 heavy (non-hydrogen) atoms. The quantitative estimate of drug-likeness (QED) is 0.288. The Kier molecular flexibility index (Phi) is 8.37. The van der Waals surface area contributed by atoms with Crippen molar-refractivity contribution in [1.29, 1.82) is 0 Å². The van der Waals surface area contributed by atoms with Crippen LogP contribution in [0.5, 0.6) is 11.5 Å². The van der Waals surface area contributed by atoms with E-state index in [1.54, 1.807) is 24.3 Å². The fraction of sp³-hybridized carbons (Fsp3) is 0.200. The van der Waals surface area contributed by atoms with Crippen LogP contribution < -0.4 is 9.47 Å². The van der Waals surface area contributed by atoms with E-state index in [2.05, 4.69) is 0 Å². The fourth-order valence-corrected chi connectivity index (χ4v) is 3.89. The number of benzene rings is 2. The van der Waals surface area contributed by atoms with E-state index < -0.39 is 17.7 Å². The van der Waals surface area contributed by atoms with Crippen LogP contribution in [0.3, 0.4) is 0 Å². The SMILES string of the molecule is COc1cc(OCC(CO)CO)c(-c2cccs2)cc1C=CC(=O)c1ccccc1C(=O)O. The Labute approximate surface area is 195 Å². The van der Waals surface area contributed by atoms with Gasteiger partial charge in [-0.15, -0.1) is 11.3 Å². The topological polar surface area (TPSA) is 113 Å². The van der Waals surface area contributed by atoms with Crippen LogP contribution in [0.2, 0.25) is 0 Å². The highest BCUT2D eigenvalue weighted by atomic mass is 32.1. The minimum atomic E-state index is -1.17. The third-order valence-electron chi connectivity index (χ3n) is 4.95. The van der Waals surface area contributed by atoms with Crippen molar-refractivity contribution in [2.75, 3.05) is 26.9 Å². The molecule has 0 spiro atoms. The lowest BCUT2D eigenvalue weighted by atomic mass is 10.0. The van der Waals surface area contributed by atoms with Crippen molar-refractivity contribution in [1.82, 2.24) is 0 Å². The number of aliphatic hydroxyl groups excluding tert-OH is 2. The van der Waals surface area contributed by atoms with E-state index in [1.807, 2.05) is 23.6 Å². The van der Waals surface area contributed by atoms with Crippen molar-refractivity contribution in [3.63, 3.8) is 0 Å². The maximum atomic E-state index is 12.7. The predicted molar refractivity (Wildman–Crippen MR) is 126 cm³/mol. The lowest BCUT2D eigenvalue weighted by Crippen LogP contribution is -2.20. The highest BCUT2D eigenvalue weighted by molar-refractivity contribution is 7.13. The average molecular weight is 469 g/mol. The zero-order chi connectivity index (χ0) is 23.8. The number of rotatable bonds is 11. The first-order valence-electron chi connectivity index (χ1n) is 10.1. The molecule has 0 fully saturated rings. The number of hydrogen-bond donors (Lipinski definition) is 3. The monoisotopic (exact) mass is 468 g/mol. The number of carbonyl (C=O) groups excluding carboxylic acids is 1. The highest BCUT2D eigenvalue weighted by Crippen LogP contribution is 2.39. The number of hydrogen-bond acceptors (Lipinski definition) is 7. The van der Waals surface area contributed by atoms with Crippen molar-refractivity contribution >= 4 is 29.2 Å². The Morgan fingerprint density at radius 3 is 2.36 bits per heavy atom. The second-order valence-corrected chi connectivity index (χ2v) is 8.11. The highest BCUT2D eigenvalue weighted by Gasteiger charge is 2.17. The van der Waals surface area contributed by atoms with Gasteiger partial charge in [-0.05, 0) is 35.7 Å². The van der Waals surface area contributed by atoms with Gasteiger partial charge >= 0.3 is 5.97 Å². The average Bonchev–Trinajstić information content (AvgIpc) is 3.37. The van der Waals surface area contributed by atoms with Crippen LogP contribution in [0.4, 0.5) is 0 Å². The van der Waals surface area contributed by atoms with Crippen molar-refractivity contribution < 1.29 is 34.4 Å². The summed E-state index contributed by atoms with van der Waals surface area (Å²) in [7, 11) is 1.49. The van der Waals surface area contributed by atoms with Crippen LogP contribution >= 0.6 is 11.3 Å². The number of ether oxygens (including phenoxy) is 2. The summed E-state index contributed by atoms with van der Waals surface area (Å²) >= 11 is 1.51. The number of aromatic carboxylic acids is 1. The van der Waals surface area contributed by atoms with Crippen LogP contribution in [0.1, 0.15) is 26.3 Å². The molecule has 0 amide bonds. The zero-order valence-electron chi connectivity index (χ0n) is 17.9. The Bertz CT molecular complexity index is 1130. The number of carboxylic acids is 1. The summed E-state index contributed by atoms with van der Waals surface area (Å²) in [5.74, 6) is -1.07. The van der Waals surface area contributed by atoms with Gasteiger partial charge in [-0.25, -0.2) is 4.79 Å². The molecule has 0 aliphatic rings. The first-order chi connectivity index (χ1) is 16.0. The summed E-state index contributed by atoms with van der Waals surface area (Å²) in [6.45, 7) is -0.292. The van der Waals surface area contributed by atoms with Crippen LogP contribution in [0.25, 0.3) is 16.5 Å². The number of ketones is 1. The number of carbonyl (C=O) groups is 2. The molecule has 7 nitrogen and oxygen atoms in total. The minimum absolute atomic E-state index is 0.0653. The standard InChI is InChI=1S/C25H24O7S/c1-31-22-12-23(32-15-16(13-26)14-27)20(24-7-4-10-33-24)11-17(22)8-9-21(28)18-5-2-3-6-19(18)25(29)30/h2-12,16,26-27H,13-15H2,1H3,(H,29,30). The van der Waals surface area contributed by atoms with Gasteiger partial charge in [-0.3, -0.25) is 4.79 Å². The molecule has 0 bridgehead atoms. The number of aliphatic hydroxyl groups is 2. The molecule has 3 N–H and O–H groups in total. The lowest BCUT2D eigenvalue weighted by molar-refractivity contribution is 0.0693. The van der Waals surface area contributed by atoms with Gasteiger partial charge in [0.15, 0.2) is 5.78 Å². The Morgan fingerprint density at radius 2 is 1.76 bits per heavy atom. The molecule has 1 aromatic heterocycles. The summed E-state index contributed by atoms with van der Waals surface area (Å²) in [4.78, 5) is 25.1. The molecule has 1 heterocycles. The molecule has 2 aromatic carbocycles. The number of thiophene rings is 1. The summed E-state index contributed by atoms with van der Waals surface area (Å²) < 4.78 is 11.4. The summed E-state index contributed by atoms with van der Waals surface area (Å²) in [6.07, 6.45) is 2.89. The van der Waals surface area contributed by atoms with Crippen molar-refractivity contribution in [3.8, 4) is 21.9 Å². The largest absolute Gasteiger partial charge is 0.496 e. The molecular formula is C25H24O7S. The van der Waals surface area contributed by atoms with Gasteiger partial charge in [0.05, 0.1) is 32.5 Å². The molecule has 0 atom stereocenters. The molecule has 0 aliphatic heterocycles. The molecular weight excluding hydrogens is 444 g/mol. The van der Waals surface area contributed by atoms with Gasteiger partial charge in [-0.2, -0.15) is 0 Å². The zero-order valence-corrected chi connectivity index (χ0v) is 18.7. The molecule has 3 rings (SSSR count). The Morgan fingerprint density at radius 1 is 1.03 bits per heavy atom. The van der Waals surface area contributed by atoms with E-state index in [9.17, 15) is 24.9 Å². The number of methoxy groups -OCH3 is 1. The van der Waals surface area contributed by atoms with Crippen molar-refractivity contribution in [2.45, 2.75) is 0 Å². The van der Waals surface area contributed by atoms with Crippen LogP contribution in [0.15, 0.2) is 60.0 Å². The molecule has 0 radical (unpaired) electrons. The van der Waals surface area contributed by atoms with Crippen LogP contribution in [-0.4, -0.2) is 54.0 Å². The third-order valence-corrected chi connectivity index (χ3v) is 5.85. The molecule has 3 aromatic rings. The van der Waals surface area contributed by atoms with E-state index in [1.165, 1.54) is 36.7 Å². The van der Waals surface area contributed by atoms with Gasteiger partial charge in [0.2, 0.25) is 0 Å². The van der Waals surface area contributed by atoms with Gasteiger partial charge in [0.25, 0.3) is 0 Å². The maximum Gasteiger partial charge on any atom is 0.336 e. The van der Waals surface area contributed by atoms with E-state index in [4.69, 9.17) is 9.47 Å². The summed E-state index contributed by atoms with van der Waals surface area (Å²) in [5.41, 5.74) is 1.40. The van der Waals surface area contributed by atoms with Gasteiger partial charge in [0, 0.05) is 33.6 Å². The fourth-order valence-electron chi connectivity index (χ4n) is 3.14. The summed E-state index contributed by atoms with van der Waals surface area (Å²) in [5, 5.41) is 29.9. The summed E-state index contributed by atoms with van der Waals surface area (Å²) in [6, 6.07) is 13.4. The first kappa shape index (κ1) is 24.2. The number of carboxylic acid groups (broad SMARTS) is 1. The second kappa shape index (κ2) is 11.4. The van der Waals surface area contributed by atoms with E-state index in [0.717, 1.165) is 10.4 Å². The van der Waals surface area contributed by atoms with Crippen LogP contribution in [0, 0.1) is 5.92 Å². The van der Waals surface area contributed by atoms with E-state index in [-0.39, 0.29) is 30.9 Å². The van der Waals surface area contributed by atoms with E-state index >= 15 is 0 Å². The normalized spacial score (nSPS) is 11.2. The minimum Gasteiger partial charge on any atom is -0.496 e. The Hall–Kier alpha value is -3.46. The maximum absolute atomic E-state index is 12.7. The lowest BCUT2D eigenvalue weighted by Gasteiger charge is -2.17. The molecule has 0 saturated carbocycles. The van der Waals surface area contributed by atoms with E-state index in [0.29, 0.717) is 17.1 Å². The second-order valence-electron chi connectivity index (χ2n) is 7.16. The molecule has 8 heteroatoms. The van der Waals surface area contributed by atoms with Crippen molar-refractivity contribution in [3.05, 3.63) is 76.7 Å². The molecule has 0 unspecified atom stereocenters. The predicted octanol–water partition coefficient (Wildman–Crippen LogP) is 4.00. The van der Waals surface area contributed by atoms with Crippen LogP contribution in [-0.2, 0) is 0 Å².